The molecule has 0 aliphatic carbocycles. The summed E-state index contributed by atoms with van der Waals surface area (Å²) >= 11 is 1.35. The number of hydrogen-bond acceptors (Lipinski definition) is 9. The third-order valence-corrected chi connectivity index (χ3v) is 5.53. The number of nitrogens with one attached hydrogen (secondary N) is 1. The number of anilines is 4. The van der Waals surface area contributed by atoms with Gasteiger partial charge in [0.1, 0.15) is 28.2 Å². The number of hydrogen-bond donors (Lipinski definition) is 2. The van der Waals surface area contributed by atoms with E-state index in [1.54, 1.807) is 6.07 Å². The first kappa shape index (κ1) is 17.4. The molecule has 3 aromatic heterocycles. The zero-order valence-electron chi connectivity index (χ0n) is 14.6. The molecule has 8 nitrogen and oxygen atoms in total. The van der Waals surface area contributed by atoms with Crippen molar-refractivity contribution in [2.24, 2.45) is 11.8 Å². The smallest absolute Gasteiger partial charge is 0.186 e. The molecule has 138 valence electrons. The van der Waals surface area contributed by atoms with Crippen LogP contribution in [0.5, 0.6) is 0 Å². The molecule has 1 fully saturated rings. The number of fused-ring (bicyclic) bond motifs is 1. The van der Waals surface area contributed by atoms with Crippen molar-refractivity contribution in [2.45, 2.75) is 13.3 Å². The molecular formula is C17H17FN8S. The maximum absolute atomic E-state index is 14.3. The quantitative estimate of drug-likeness (QED) is 0.708. The summed E-state index contributed by atoms with van der Waals surface area (Å²) in [6.45, 7) is 3.50. The highest BCUT2D eigenvalue weighted by Gasteiger charge is 2.27. The zero-order chi connectivity index (χ0) is 19.0. The molecule has 1 saturated heterocycles. The van der Waals surface area contributed by atoms with Gasteiger partial charge in [0.05, 0.1) is 18.2 Å². The lowest BCUT2D eigenvalue weighted by Crippen LogP contribution is -2.39. The molecule has 4 rings (SSSR count). The van der Waals surface area contributed by atoms with E-state index in [0.29, 0.717) is 39.7 Å². The fourth-order valence-electron chi connectivity index (χ4n) is 3.26. The number of thiazole rings is 1. The van der Waals surface area contributed by atoms with Crippen LogP contribution in [0.4, 0.5) is 27.0 Å². The molecule has 1 aliphatic heterocycles. The van der Waals surface area contributed by atoms with Crippen LogP contribution in [0, 0.1) is 29.0 Å². The van der Waals surface area contributed by atoms with Crippen LogP contribution in [0.25, 0.3) is 10.2 Å². The average molecular weight is 384 g/mol. The molecule has 0 aromatic carbocycles. The van der Waals surface area contributed by atoms with E-state index in [4.69, 9.17) is 5.73 Å². The van der Waals surface area contributed by atoms with E-state index in [1.165, 1.54) is 17.7 Å². The van der Waals surface area contributed by atoms with Crippen molar-refractivity contribution in [2.75, 3.05) is 29.0 Å². The number of pyridine rings is 1. The second-order valence-corrected chi connectivity index (χ2v) is 7.63. The van der Waals surface area contributed by atoms with Crippen LogP contribution in [0.3, 0.4) is 0 Å². The normalized spacial score (nSPS) is 19.8. The largest absolute Gasteiger partial charge is 0.384 e. The molecule has 2 unspecified atom stereocenters. The van der Waals surface area contributed by atoms with Gasteiger partial charge in [0.2, 0.25) is 0 Å². The maximum Gasteiger partial charge on any atom is 0.186 e. The van der Waals surface area contributed by atoms with Crippen molar-refractivity contribution in [3.05, 3.63) is 24.4 Å². The van der Waals surface area contributed by atoms with Gasteiger partial charge in [0.15, 0.2) is 16.8 Å². The monoisotopic (exact) mass is 384 g/mol. The van der Waals surface area contributed by atoms with Crippen LogP contribution >= 0.6 is 11.3 Å². The van der Waals surface area contributed by atoms with Gasteiger partial charge in [-0.05, 0) is 12.3 Å². The molecule has 27 heavy (non-hydrogen) atoms. The van der Waals surface area contributed by atoms with Crippen molar-refractivity contribution >= 4 is 44.1 Å². The molecular weight excluding hydrogens is 367 g/mol. The van der Waals surface area contributed by atoms with Crippen LogP contribution in [-0.4, -0.2) is 33.0 Å². The van der Waals surface area contributed by atoms with Gasteiger partial charge in [-0.2, -0.15) is 5.26 Å². The van der Waals surface area contributed by atoms with Crippen LogP contribution in [0.2, 0.25) is 0 Å². The van der Waals surface area contributed by atoms with E-state index >= 15 is 0 Å². The molecule has 3 aromatic rings. The summed E-state index contributed by atoms with van der Waals surface area (Å²) < 4.78 is 14.9. The Kier molecular flexibility index (Phi) is 4.45. The molecule has 0 bridgehead atoms. The Morgan fingerprint density at radius 3 is 3.00 bits per heavy atom. The molecule has 0 radical (unpaired) electrons. The number of rotatable bonds is 3. The summed E-state index contributed by atoms with van der Waals surface area (Å²) in [5.74, 6) is 1.08. The summed E-state index contributed by atoms with van der Waals surface area (Å²) in [7, 11) is 0. The maximum atomic E-state index is 14.3. The number of nitrogen functional groups attached to an aromatic ring is 1. The van der Waals surface area contributed by atoms with Crippen LogP contribution in [0.15, 0.2) is 18.6 Å². The van der Waals surface area contributed by atoms with Gasteiger partial charge in [0.25, 0.3) is 0 Å². The van der Waals surface area contributed by atoms with Crippen LogP contribution < -0.4 is 16.0 Å². The van der Waals surface area contributed by atoms with Gasteiger partial charge < -0.3 is 16.0 Å². The van der Waals surface area contributed by atoms with Crippen molar-refractivity contribution in [3.63, 3.8) is 0 Å². The number of nitriles is 1. The average Bonchev–Trinajstić information content (AvgIpc) is 3.10. The lowest BCUT2D eigenvalue weighted by Gasteiger charge is -2.33. The van der Waals surface area contributed by atoms with E-state index in [0.717, 1.165) is 19.2 Å². The second-order valence-electron chi connectivity index (χ2n) is 6.65. The first-order chi connectivity index (χ1) is 13.0. The van der Waals surface area contributed by atoms with E-state index < -0.39 is 5.82 Å². The number of piperidine rings is 1. The van der Waals surface area contributed by atoms with Gasteiger partial charge in [-0.3, -0.25) is 0 Å². The van der Waals surface area contributed by atoms with Gasteiger partial charge in [-0.25, -0.2) is 24.3 Å². The van der Waals surface area contributed by atoms with Crippen LogP contribution in [0.1, 0.15) is 13.3 Å². The summed E-state index contributed by atoms with van der Waals surface area (Å²) in [6, 6.07) is 3.91. The van der Waals surface area contributed by atoms with Crippen molar-refractivity contribution in [1.29, 1.82) is 5.26 Å². The lowest BCUT2D eigenvalue weighted by atomic mass is 9.92. The Morgan fingerprint density at radius 1 is 1.37 bits per heavy atom. The van der Waals surface area contributed by atoms with Crippen molar-refractivity contribution < 1.29 is 4.39 Å². The molecule has 0 saturated carbocycles. The van der Waals surface area contributed by atoms with Gasteiger partial charge in [0, 0.05) is 19.2 Å². The van der Waals surface area contributed by atoms with Crippen molar-refractivity contribution in [3.8, 4) is 6.07 Å². The van der Waals surface area contributed by atoms with Crippen molar-refractivity contribution in [1.82, 2.24) is 19.9 Å². The molecule has 3 N–H and O–H groups in total. The topological polar surface area (TPSA) is 117 Å². The molecule has 1 aliphatic rings. The SMILES string of the molecule is CC1CC(C#N)CN(c2nc3c(F)cnc(Nc4cc(N)ncn4)c3s2)C1. The molecule has 4 heterocycles. The third-order valence-electron chi connectivity index (χ3n) is 4.41. The summed E-state index contributed by atoms with van der Waals surface area (Å²) in [5.41, 5.74) is 5.93. The Hall–Kier alpha value is -3.06. The van der Waals surface area contributed by atoms with Gasteiger partial charge >= 0.3 is 0 Å². The molecule has 0 amide bonds. The Labute approximate surface area is 158 Å². The Bertz CT molecular complexity index is 1030. The van der Waals surface area contributed by atoms with E-state index in [9.17, 15) is 9.65 Å². The van der Waals surface area contributed by atoms with E-state index in [-0.39, 0.29) is 11.4 Å². The van der Waals surface area contributed by atoms with Gasteiger partial charge in [-0.1, -0.05) is 18.3 Å². The Morgan fingerprint density at radius 2 is 2.22 bits per heavy atom. The van der Waals surface area contributed by atoms with Crippen LogP contribution in [-0.2, 0) is 0 Å². The minimum Gasteiger partial charge on any atom is -0.384 e. The fourth-order valence-corrected chi connectivity index (χ4v) is 4.30. The van der Waals surface area contributed by atoms with E-state index in [2.05, 4.69) is 43.1 Å². The van der Waals surface area contributed by atoms with E-state index in [1.807, 2.05) is 0 Å². The molecule has 10 heteroatoms. The standard InChI is InChI=1S/C17H17FN8S/c1-9-2-10(4-19)7-26(6-9)17-25-14-11(18)5-21-16(15(14)27-17)24-13-3-12(20)22-8-23-13/h3,5,8-10H,2,6-7H2,1H3,(H3,20,21,22,23,24). The summed E-state index contributed by atoms with van der Waals surface area (Å²) in [5, 5.41) is 13.0. The minimum atomic E-state index is -0.484. The number of halogens is 1. The predicted molar refractivity (Wildman–Crippen MR) is 102 cm³/mol. The second kappa shape index (κ2) is 6.92. The highest BCUT2D eigenvalue weighted by atomic mass is 32.1. The predicted octanol–water partition coefficient (Wildman–Crippen LogP) is 2.93. The minimum absolute atomic E-state index is 0.0506. The highest BCUT2D eigenvalue weighted by Crippen LogP contribution is 2.37. The summed E-state index contributed by atoms with van der Waals surface area (Å²) in [6.07, 6.45) is 3.35. The highest BCUT2D eigenvalue weighted by molar-refractivity contribution is 7.22. The fraction of sp³-hybridized carbons (Fsp3) is 0.353. The first-order valence-corrected chi connectivity index (χ1v) is 9.29. The first-order valence-electron chi connectivity index (χ1n) is 8.47. The zero-order valence-corrected chi connectivity index (χ0v) is 15.4. The lowest BCUT2D eigenvalue weighted by molar-refractivity contribution is 0.389. The molecule has 2 atom stereocenters. The Balaban J connectivity index is 1.71. The number of nitrogens with zero attached hydrogens (tertiary/aromatic N) is 6. The number of nitrogens with two attached hydrogens (primary N) is 1. The number of aromatic nitrogens is 4. The molecule has 0 spiro atoms. The third kappa shape index (κ3) is 3.46. The van der Waals surface area contributed by atoms with Gasteiger partial charge in [-0.15, -0.1) is 0 Å². The summed E-state index contributed by atoms with van der Waals surface area (Å²) in [4.78, 5) is 18.6.